The van der Waals surface area contributed by atoms with Crippen LogP contribution >= 0.6 is 0 Å². The predicted octanol–water partition coefficient (Wildman–Crippen LogP) is 2.10. The van der Waals surface area contributed by atoms with E-state index in [0.29, 0.717) is 6.54 Å². The summed E-state index contributed by atoms with van der Waals surface area (Å²) in [5, 5.41) is 0. The van der Waals surface area contributed by atoms with Crippen LogP contribution in [0.1, 0.15) is 11.1 Å². The summed E-state index contributed by atoms with van der Waals surface area (Å²) in [5.74, 6) is 2.18. The lowest BCUT2D eigenvalue weighted by molar-refractivity contribution is -0.133. The van der Waals surface area contributed by atoms with E-state index in [1.165, 1.54) is 16.8 Å². The van der Waals surface area contributed by atoms with Gasteiger partial charge in [-0.05, 0) is 41.5 Å². The number of hydrogen-bond acceptors (Lipinski definition) is 6. The summed E-state index contributed by atoms with van der Waals surface area (Å²) in [5.41, 5.74) is 3.89. The third-order valence-corrected chi connectivity index (χ3v) is 7.05. The van der Waals surface area contributed by atoms with Crippen LogP contribution in [0, 0.1) is 0 Å². The zero-order valence-corrected chi connectivity index (χ0v) is 19.5. The van der Waals surface area contributed by atoms with Crippen molar-refractivity contribution in [3.8, 4) is 11.5 Å². The highest BCUT2D eigenvalue weighted by molar-refractivity contribution is 5.78. The Morgan fingerprint density at radius 3 is 2.36 bits per heavy atom. The first kappa shape index (κ1) is 22.0. The van der Waals surface area contributed by atoms with Gasteiger partial charge in [-0.25, -0.2) is 0 Å². The molecule has 5 rings (SSSR count). The minimum absolute atomic E-state index is 0.261. The van der Waals surface area contributed by atoms with Gasteiger partial charge in [0.05, 0.1) is 20.3 Å². The SMILES string of the molecule is COc1ccc(N2CCN(C(=O)CN3CCN(Cc4ccc5c(c4)CCO5)CC3)CC2)cc1. The van der Waals surface area contributed by atoms with E-state index >= 15 is 0 Å². The van der Waals surface area contributed by atoms with Crippen molar-refractivity contribution < 1.29 is 14.3 Å². The standard InChI is InChI=1S/C26H34N4O3/c1-32-24-5-3-23(4-6-24)29-13-15-30(16-14-29)26(31)20-28-11-9-27(10-12-28)19-21-2-7-25-22(18-21)8-17-33-25/h2-7,18H,8-17,19-20H2,1H3. The zero-order chi connectivity index (χ0) is 22.6. The molecule has 3 aliphatic heterocycles. The number of amides is 1. The van der Waals surface area contributed by atoms with E-state index in [2.05, 4.69) is 45.0 Å². The Morgan fingerprint density at radius 1 is 0.909 bits per heavy atom. The molecule has 0 spiro atoms. The van der Waals surface area contributed by atoms with E-state index in [9.17, 15) is 4.79 Å². The second-order valence-corrected chi connectivity index (χ2v) is 9.16. The summed E-state index contributed by atoms with van der Waals surface area (Å²) in [6, 6.07) is 14.8. The van der Waals surface area contributed by atoms with Crippen molar-refractivity contribution in [3.05, 3.63) is 53.6 Å². The summed E-state index contributed by atoms with van der Waals surface area (Å²) in [7, 11) is 1.68. The summed E-state index contributed by atoms with van der Waals surface area (Å²) < 4.78 is 10.9. The van der Waals surface area contributed by atoms with Gasteiger partial charge in [-0.3, -0.25) is 14.6 Å². The maximum atomic E-state index is 12.9. The molecule has 0 aliphatic carbocycles. The van der Waals surface area contributed by atoms with E-state index in [4.69, 9.17) is 9.47 Å². The first-order valence-corrected chi connectivity index (χ1v) is 12.0. The van der Waals surface area contributed by atoms with Crippen LogP contribution in [0.2, 0.25) is 0 Å². The van der Waals surface area contributed by atoms with Gasteiger partial charge in [0.2, 0.25) is 5.91 Å². The van der Waals surface area contributed by atoms with Gasteiger partial charge in [0, 0.05) is 71.0 Å². The molecule has 2 aromatic carbocycles. The number of hydrogen-bond donors (Lipinski definition) is 0. The van der Waals surface area contributed by atoms with Crippen LogP contribution in [-0.4, -0.2) is 93.2 Å². The Kier molecular flexibility index (Phi) is 6.69. The number of fused-ring (bicyclic) bond motifs is 1. The average molecular weight is 451 g/mol. The molecule has 3 heterocycles. The quantitative estimate of drug-likeness (QED) is 0.672. The third kappa shape index (κ3) is 5.25. The number of methoxy groups -OCH3 is 1. The number of ether oxygens (including phenoxy) is 2. The van der Waals surface area contributed by atoms with Crippen molar-refractivity contribution in [1.82, 2.24) is 14.7 Å². The molecule has 2 fully saturated rings. The maximum absolute atomic E-state index is 12.9. The summed E-state index contributed by atoms with van der Waals surface area (Å²) in [4.78, 5) is 22.1. The monoisotopic (exact) mass is 450 g/mol. The van der Waals surface area contributed by atoms with Crippen molar-refractivity contribution in [1.29, 1.82) is 0 Å². The van der Waals surface area contributed by atoms with Crippen LogP contribution < -0.4 is 14.4 Å². The molecule has 2 saturated heterocycles. The molecule has 0 radical (unpaired) electrons. The molecule has 7 nitrogen and oxygen atoms in total. The Balaban J connectivity index is 1.04. The van der Waals surface area contributed by atoms with Crippen LogP contribution in [0.3, 0.4) is 0 Å². The highest BCUT2D eigenvalue weighted by atomic mass is 16.5. The first-order chi connectivity index (χ1) is 16.2. The van der Waals surface area contributed by atoms with Crippen LogP contribution in [0.4, 0.5) is 5.69 Å². The van der Waals surface area contributed by atoms with E-state index in [-0.39, 0.29) is 5.91 Å². The van der Waals surface area contributed by atoms with E-state index in [1.807, 2.05) is 17.0 Å². The summed E-state index contributed by atoms with van der Waals surface area (Å²) >= 11 is 0. The molecular formula is C26H34N4O3. The molecule has 0 aromatic heterocycles. The molecule has 33 heavy (non-hydrogen) atoms. The number of nitrogens with zero attached hydrogens (tertiary/aromatic N) is 4. The fourth-order valence-electron chi connectivity index (χ4n) is 5.00. The van der Waals surface area contributed by atoms with Gasteiger partial charge in [-0.2, -0.15) is 0 Å². The fraction of sp³-hybridized carbons (Fsp3) is 0.500. The first-order valence-electron chi connectivity index (χ1n) is 12.0. The van der Waals surface area contributed by atoms with Crippen LogP contribution in [0.5, 0.6) is 11.5 Å². The minimum Gasteiger partial charge on any atom is -0.497 e. The molecule has 2 aromatic rings. The van der Waals surface area contributed by atoms with Gasteiger partial charge in [0.15, 0.2) is 0 Å². The van der Waals surface area contributed by atoms with Gasteiger partial charge in [0.1, 0.15) is 11.5 Å². The highest BCUT2D eigenvalue weighted by Gasteiger charge is 2.25. The van der Waals surface area contributed by atoms with Crippen LogP contribution in [-0.2, 0) is 17.8 Å². The van der Waals surface area contributed by atoms with Gasteiger partial charge in [0.25, 0.3) is 0 Å². The van der Waals surface area contributed by atoms with Crippen molar-refractivity contribution in [2.75, 3.05) is 77.5 Å². The Labute approximate surface area is 196 Å². The second-order valence-electron chi connectivity index (χ2n) is 9.16. The van der Waals surface area contributed by atoms with Gasteiger partial charge in [-0.15, -0.1) is 0 Å². The highest BCUT2D eigenvalue weighted by Crippen LogP contribution is 2.26. The average Bonchev–Trinajstić information content (AvgIpc) is 3.33. The van der Waals surface area contributed by atoms with Gasteiger partial charge >= 0.3 is 0 Å². The number of benzene rings is 2. The molecule has 0 saturated carbocycles. The lowest BCUT2D eigenvalue weighted by atomic mass is 10.1. The molecule has 0 atom stereocenters. The summed E-state index contributed by atoms with van der Waals surface area (Å²) in [6.07, 6.45) is 1.02. The Morgan fingerprint density at radius 2 is 1.64 bits per heavy atom. The molecule has 7 heteroatoms. The normalized spacial score (nSPS) is 19.3. The van der Waals surface area contributed by atoms with E-state index in [0.717, 1.165) is 83.4 Å². The van der Waals surface area contributed by atoms with Crippen molar-refractivity contribution in [2.45, 2.75) is 13.0 Å². The number of rotatable bonds is 6. The molecule has 0 N–H and O–H groups in total. The number of carbonyl (C=O) groups is 1. The number of piperazine rings is 2. The third-order valence-electron chi connectivity index (χ3n) is 7.05. The number of anilines is 1. The Hall–Kier alpha value is -2.77. The van der Waals surface area contributed by atoms with Crippen molar-refractivity contribution in [3.63, 3.8) is 0 Å². The lowest BCUT2D eigenvalue weighted by Gasteiger charge is -2.38. The van der Waals surface area contributed by atoms with E-state index in [1.54, 1.807) is 7.11 Å². The van der Waals surface area contributed by atoms with Crippen LogP contribution in [0.15, 0.2) is 42.5 Å². The molecule has 0 bridgehead atoms. The maximum Gasteiger partial charge on any atom is 0.236 e. The topological polar surface area (TPSA) is 48.5 Å². The van der Waals surface area contributed by atoms with Gasteiger partial charge < -0.3 is 19.3 Å². The van der Waals surface area contributed by atoms with Crippen LogP contribution in [0.25, 0.3) is 0 Å². The van der Waals surface area contributed by atoms with E-state index < -0.39 is 0 Å². The lowest BCUT2D eigenvalue weighted by Crippen LogP contribution is -2.53. The Bertz CT molecular complexity index is 949. The van der Waals surface area contributed by atoms with Crippen molar-refractivity contribution >= 4 is 11.6 Å². The summed E-state index contributed by atoms with van der Waals surface area (Å²) in [6.45, 7) is 9.54. The van der Waals surface area contributed by atoms with Gasteiger partial charge in [-0.1, -0.05) is 12.1 Å². The predicted molar refractivity (Wildman–Crippen MR) is 129 cm³/mol. The zero-order valence-electron chi connectivity index (χ0n) is 19.5. The second kappa shape index (κ2) is 10.0. The molecule has 0 unspecified atom stereocenters. The molecule has 3 aliphatic rings. The smallest absolute Gasteiger partial charge is 0.236 e. The minimum atomic E-state index is 0.261. The molecular weight excluding hydrogens is 416 g/mol. The fourth-order valence-corrected chi connectivity index (χ4v) is 5.00. The number of carbonyl (C=O) groups excluding carboxylic acids is 1. The molecule has 1 amide bonds. The van der Waals surface area contributed by atoms with Crippen molar-refractivity contribution in [2.24, 2.45) is 0 Å². The largest absolute Gasteiger partial charge is 0.497 e. The molecule has 176 valence electrons.